The van der Waals surface area contributed by atoms with E-state index in [1.54, 1.807) is 0 Å². The summed E-state index contributed by atoms with van der Waals surface area (Å²) in [7, 11) is 0. The highest BCUT2D eigenvalue weighted by atomic mass is 15.2. The number of fused-ring (bicyclic) bond motifs is 12. The first-order chi connectivity index (χ1) is 34.8. The number of para-hydroxylation sites is 4. The van der Waals surface area contributed by atoms with Gasteiger partial charge in [0.25, 0.3) is 0 Å². The normalized spacial score (nSPS) is 13.1. The van der Waals surface area contributed by atoms with Gasteiger partial charge in [0.15, 0.2) is 0 Å². The Morgan fingerprint density at radius 3 is 1.30 bits per heavy atom. The zero-order valence-electron chi connectivity index (χ0n) is 38.3. The lowest BCUT2D eigenvalue weighted by Gasteiger charge is -2.27. The van der Waals surface area contributed by atoms with Gasteiger partial charge >= 0.3 is 0 Å². The van der Waals surface area contributed by atoms with Gasteiger partial charge in [-0.25, -0.2) is 0 Å². The lowest BCUT2D eigenvalue weighted by Crippen LogP contribution is -2.10. The van der Waals surface area contributed by atoms with Gasteiger partial charge in [0.1, 0.15) is 0 Å². The van der Waals surface area contributed by atoms with Gasteiger partial charge in [-0.3, -0.25) is 0 Å². The van der Waals surface area contributed by atoms with Crippen molar-refractivity contribution >= 4 is 116 Å². The van der Waals surface area contributed by atoms with Gasteiger partial charge in [0, 0.05) is 65.8 Å². The van der Waals surface area contributed by atoms with Crippen LogP contribution in [0.15, 0.2) is 243 Å². The Balaban J connectivity index is 0.987. The predicted octanol–water partition coefficient (Wildman–Crippen LogP) is 18.3. The van der Waals surface area contributed by atoms with E-state index in [0.717, 1.165) is 41.3 Å². The largest absolute Gasteiger partial charge is 0.310 e. The van der Waals surface area contributed by atoms with Crippen molar-refractivity contribution in [1.82, 2.24) is 8.80 Å². The van der Waals surface area contributed by atoms with Crippen molar-refractivity contribution in [2.75, 3.05) is 9.80 Å². The van der Waals surface area contributed by atoms with Crippen LogP contribution in [0.2, 0.25) is 0 Å². The first-order valence-corrected chi connectivity index (χ1v) is 24.4. The predicted molar refractivity (Wildman–Crippen MR) is 297 cm³/mol. The van der Waals surface area contributed by atoms with Gasteiger partial charge in [0.05, 0.1) is 44.5 Å². The fraction of sp³-hybridized carbons (Fsp3) is 0.0303. The minimum absolute atomic E-state index is 1.07. The minimum Gasteiger partial charge on any atom is -0.310 e. The summed E-state index contributed by atoms with van der Waals surface area (Å²) < 4.78 is 5.09. The summed E-state index contributed by atoms with van der Waals surface area (Å²) in [5, 5.41) is 10.0. The van der Waals surface area contributed by atoms with E-state index in [1.807, 2.05) is 0 Å². The van der Waals surface area contributed by atoms with Gasteiger partial charge in [0.2, 0.25) is 0 Å². The Bertz CT molecular complexity index is 4410. The van der Waals surface area contributed by atoms with E-state index < -0.39 is 0 Å². The summed E-state index contributed by atoms with van der Waals surface area (Å²) in [5.41, 5.74) is 19.1. The van der Waals surface area contributed by atoms with E-state index in [9.17, 15) is 0 Å². The maximum atomic E-state index is 2.55. The number of rotatable bonds is 8. The number of nitrogens with zero attached hydrogens (tertiary/aromatic N) is 4. The molecule has 0 saturated heterocycles. The van der Waals surface area contributed by atoms with E-state index >= 15 is 0 Å². The van der Waals surface area contributed by atoms with Gasteiger partial charge in [-0.2, -0.15) is 0 Å². The average molecular weight is 893 g/mol. The summed E-state index contributed by atoms with van der Waals surface area (Å²) >= 11 is 0. The van der Waals surface area contributed by atoms with E-state index in [2.05, 4.69) is 261 Å². The summed E-state index contributed by atoms with van der Waals surface area (Å²) in [6.07, 6.45) is 9.10. The number of hydrogen-bond donors (Lipinski definition) is 0. The zero-order valence-corrected chi connectivity index (χ0v) is 38.3. The molecule has 328 valence electrons. The molecule has 15 rings (SSSR count). The Kier molecular flexibility index (Phi) is 8.45. The second-order valence-electron chi connectivity index (χ2n) is 18.8. The summed E-state index contributed by atoms with van der Waals surface area (Å²) in [4.78, 5) is 4.91. The molecule has 0 bridgehead atoms. The Morgan fingerprint density at radius 1 is 0.314 bits per heavy atom. The number of aromatic nitrogens is 2. The van der Waals surface area contributed by atoms with Crippen LogP contribution < -0.4 is 9.80 Å². The van der Waals surface area contributed by atoms with Crippen LogP contribution >= 0.6 is 0 Å². The quantitative estimate of drug-likeness (QED) is 0.151. The van der Waals surface area contributed by atoms with E-state index in [1.165, 1.54) is 104 Å². The van der Waals surface area contributed by atoms with E-state index in [4.69, 9.17) is 0 Å². The lowest BCUT2D eigenvalue weighted by atomic mass is 9.98. The highest BCUT2D eigenvalue weighted by Crippen LogP contribution is 2.51. The van der Waals surface area contributed by atoms with Gasteiger partial charge < -0.3 is 18.6 Å². The SMILES string of the molecule is C1=CC(c2cccc(N(c3ccccc3)c3ccc4c5cc6c(cc5n5c7ccccc7c3c45)c3ccc(N(c4ccccc4)c4cccc(-c5ccccc5)c4)c4c5ccccc5n6c34)c2)=CCC1. The Labute approximate surface area is 404 Å². The number of allylic oxidation sites excluding steroid dienone is 4. The maximum absolute atomic E-state index is 2.55. The van der Waals surface area contributed by atoms with Crippen molar-refractivity contribution in [3.8, 4) is 11.1 Å². The smallest absolute Gasteiger partial charge is 0.0641 e. The molecule has 0 unspecified atom stereocenters. The number of benzene rings is 10. The lowest BCUT2D eigenvalue weighted by molar-refractivity contribution is 1.04. The molecule has 0 N–H and O–H groups in total. The topological polar surface area (TPSA) is 15.3 Å². The average Bonchev–Trinajstić information content (AvgIpc) is 4.16. The maximum Gasteiger partial charge on any atom is 0.0641 e. The zero-order chi connectivity index (χ0) is 45.9. The number of hydrogen-bond acceptors (Lipinski definition) is 2. The van der Waals surface area contributed by atoms with Crippen LogP contribution in [-0.4, -0.2) is 8.80 Å². The number of anilines is 6. The molecule has 0 atom stereocenters. The molecule has 4 aromatic heterocycles. The molecule has 4 nitrogen and oxygen atoms in total. The molecular weight excluding hydrogens is 849 g/mol. The second kappa shape index (κ2) is 15.2. The molecule has 1 aliphatic carbocycles. The van der Waals surface area contributed by atoms with Crippen LogP contribution in [-0.2, 0) is 0 Å². The molecule has 0 spiro atoms. The third-order valence-corrected chi connectivity index (χ3v) is 14.9. The highest BCUT2D eigenvalue weighted by Gasteiger charge is 2.28. The van der Waals surface area contributed by atoms with Crippen LogP contribution in [0.1, 0.15) is 18.4 Å². The van der Waals surface area contributed by atoms with Gasteiger partial charge in [-0.1, -0.05) is 158 Å². The van der Waals surface area contributed by atoms with Crippen molar-refractivity contribution in [3.63, 3.8) is 0 Å². The molecule has 0 fully saturated rings. The standard InChI is InChI=1S/C66H44N4/c1-5-19-43(20-6-1)45-23-17-29-49(39-45)67(47-25-9-3-10-26-47)59-37-35-51-55-41-62-56(42-61(55)69-57-33-15-13-31-53(57)63(59)65(51)69)52-36-38-60(64-54-32-14-16-34-58(54)70(62)66(52)64)68(48-27-11-4-12-28-48)50-30-18-24-46(40-50)44-21-7-2-8-22-44/h1,3-7,9-42H,2,8H2. The molecule has 10 aromatic carbocycles. The fourth-order valence-corrected chi connectivity index (χ4v) is 12.0. The van der Waals surface area contributed by atoms with Crippen molar-refractivity contribution < 1.29 is 0 Å². The van der Waals surface area contributed by atoms with E-state index in [0.29, 0.717) is 0 Å². The monoisotopic (exact) mass is 892 g/mol. The Hall–Kier alpha value is -9.12. The highest BCUT2D eigenvalue weighted by molar-refractivity contribution is 6.32. The molecule has 14 aromatic rings. The minimum atomic E-state index is 1.07. The molecule has 4 heterocycles. The van der Waals surface area contributed by atoms with Gasteiger partial charge in [-0.15, -0.1) is 0 Å². The van der Waals surface area contributed by atoms with Crippen molar-refractivity contribution in [2.45, 2.75) is 12.8 Å². The third-order valence-electron chi connectivity index (χ3n) is 14.9. The van der Waals surface area contributed by atoms with Crippen LogP contribution in [0.4, 0.5) is 34.1 Å². The Morgan fingerprint density at radius 2 is 0.771 bits per heavy atom. The first-order valence-electron chi connectivity index (χ1n) is 24.4. The second-order valence-corrected chi connectivity index (χ2v) is 18.8. The van der Waals surface area contributed by atoms with Crippen LogP contribution in [0.5, 0.6) is 0 Å². The van der Waals surface area contributed by atoms with Crippen molar-refractivity contribution in [2.24, 2.45) is 0 Å². The molecule has 70 heavy (non-hydrogen) atoms. The van der Waals surface area contributed by atoms with Crippen LogP contribution in [0, 0.1) is 0 Å². The van der Waals surface area contributed by atoms with Crippen molar-refractivity contribution in [3.05, 3.63) is 248 Å². The molecule has 0 radical (unpaired) electrons. The third kappa shape index (κ3) is 5.65. The summed E-state index contributed by atoms with van der Waals surface area (Å²) in [6.45, 7) is 0. The molecule has 1 aliphatic rings. The summed E-state index contributed by atoms with van der Waals surface area (Å²) in [6, 6.07) is 82.8. The molecular formula is C66H44N4. The van der Waals surface area contributed by atoms with Crippen LogP contribution in [0.25, 0.3) is 92.9 Å². The fourth-order valence-electron chi connectivity index (χ4n) is 12.0. The summed E-state index contributed by atoms with van der Waals surface area (Å²) in [5.74, 6) is 0. The van der Waals surface area contributed by atoms with Crippen molar-refractivity contribution in [1.29, 1.82) is 0 Å². The molecule has 0 saturated carbocycles. The molecule has 0 aliphatic heterocycles. The first kappa shape index (κ1) is 38.9. The van der Waals surface area contributed by atoms with Crippen LogP contribution in [0.3, 0.4) is 0 Å². The van der Waals surface area contributed by atoms with E-state index in [-0.39, 0.29) is 0 Å². The molecule has 0 amide bonds. The molecule has 4 heteroatoms. The van der Waals surface area contributed by atoms with Gasteiger partial charge in [-0.05, 0) is 120 Å².